The third-order valence-electron chi connectivity index (χ3n) is 4.42. The normalized spacial score (nSPS) is 14.4. The molecular weight excluding hydrogens is 312 g/mol. The van der Waals surface area contributed by atoms with Gasteiger partial charge in [0.1, 0.15) is 0 Å². The Labute approximate surface area is 152 Å². The Morgan fingerprint density at radius 1 is 1.12 bits per heavy atom. The lowest BCUT2D eigenvalue weighted by molar-refractivity contribution is 0.123. The molecule has 0 unspecified atom stereocenters. The summed E-state index contributed by atoms with van der Waals surface area (Å²) in [5.41, 5.74) is 2.62. The second kappa shape index (κ2) is 11.0. The van der Waals surface area contributed by atoms with Crippen LogP contribution in [0.2, 0.25) is 0 Å². The molecule has 2 N–H and O–H groups in total. The van der Waals surface area contributed by atoms with E-state index >= 15 is 0 Å². The number of nitrogens with zero attached hydrogens (tertiary/aromatic N) is 2. The summed E-state index contributed by atoms with van der Waals surface area (Å²) in [5.74, 6) is 1.73. The third-order valence-corrected chi connectivity index (χ3v) is 4.42. The van der Waals surface area contributed by atoms with Crippen LogP contribution in [0.25, 0.3) is 0 Å². The van der Waals surface area contributed by atoms with Crippen molar-refractivity contribution in [2.45, 2.75) is 32.1 Å². The minimum Gasteiger partial charge on any atom is -0.381 e. The predicted octanol–water partition coefficient (Wildman–Crippen LogP) is 2.67. The number of ether oxygens (including phenoxy) is 1. The molecule has 2 rings (SSSR count). The molecule has 0 saturated heterocycles. The third kappa shape index (κ3) is 8.25. The van der Waals surface area contributed by atoms with E-state index in [1.54, 1.807) is 0 Å². The van der Waals surface area contributed by atoms with E-state index in [9.17, 15) is 0 Å². The molecule has 0 amide bonds. The van der Waals surface area contributed by atoms with Gasteiger partial charge in [-0.25, -0.2) is 0 Å². The first-order valence-electron chi connectivity index (χ1n) is 9.47. The van der Waals surface area contributed by atoms with Crippen molar-refractivity contribution >= 4 is 11.6 Å². The Morgan fingerprint density at radius 3 is 2.40 bits per heavy atom. The Bertz CT molecular complexity index is 509. The summed E-state index contributed by atoms with van der Waals surface area (Å²) in [6.45, 7) is 3.61. The number of benzene rings is 1. The molecule has 0 heterocycles. The Hall–Kier alpha value is -1.75. The average molecular weight is 347 g/mol. The SMILES string of the molecule is CN=C(NCCCOCC1CC1)NCCCc1ccc(N(C)C)cc1. The summed E-state index contributed by atoms with van der Waals surface area (Å²) < 4.78 is 5.64. The molecule has 1 aliphatic rings. The van der Waals surface area contributed by atoms with Gasteiger partial charge in [-0.2, -0.15) is 0 Å². The summed E-state index contributed by atoms with van der Waals surface area (Å²) in [6, 6.07) is 8.77. The molecule has 0 bridgehead atoms. The van der Waals surface area contributed by atoms with E-state index in [1.165, 1.54) is 24.1 Å². The molecule has 1 fully saturated rings. The number of anilines is 1. The maximum Gasteiger partial charge on any atom is 0.190 e. The van der Waals surface area contributed by atoms with Crippen molar-refractivity contribution < 1.29 is 4.74 Å². The molecule has 1 aliphatic carbocycles. The molecule has 1 aromatic carbocycles. The Kier molecular flexibility index (Phi) is 8.60. The van der Waals surface area contributed by atoms with Crippen LogP contribution >= 0.6 is 0 Å². The second-order valence-corrected chi connectivity index (χ2v) is 6.96. The number of hydrogen-bond donors (Lipinski definition) is 2. The zero-order valence-corrected chi connectivity index (χ0v) is 16.1. The van der Waals surface area contributed by atoms with Gasteiger partial charge >= 0.3 is 0 Å². The molecule has 0 aromatic heterocycles. The minimum atomic E-state index is 0.837. The topological polar surface area (TPSA) is 48.9 Å². The monoisotopic (exact) mass is 346 g/mol. The standard InChI is InChI=1S/C20H34N4O/c1-21-20(23-14-5-15-25-16-18-7-8-18)22-13-4-6-17-9-11-19(12-10-17)24(2)3/h9-12,18H,4-8,13-16H2,1-3H3,(H2,21,22,23). The minimum absolute atomic E-state index is 0.837. The van der Waals surface area contributed by atoms with Crippen molar-refractivity contribution in [2.75, 3.05) is 52.3 Å². The van der Waals surface area contributed by atoms with Gasteiger partial charge < -0.3 is 20.3 Å². The Balaban J connectivity index is 1.51. The number of nitrogens with one attached hydrogen (secondary N) is 2. The maximum absolute atomic E-state index is 5.64. The van der Waals surface area contributed by atoms with Crippen molar-refractivity contribution in [1.29, 1.82) is 0 Å². The van der Waals surface area contributed by atoms with Crippen molar-refractivity contribution in [1.82, 2.24) is 10.6 Å². The zero-order valence-electron chi connectivity index (χ0n) is 16.1. The van der Waals surface area contributed by atoms with Crippen LogP contribution < -0.4 is 15.5 Å². The number of hydrogen-bond acceptors (Lipinski definition) is 3. The van der Waals surface area contributed by atoms with Crippen LogP contribution in [0.15, 0.2) is 29.3 Å². The molecule has 1 saturated carbocycles. The van der Waals surface area contributed by atoms with Crippen LogP contribution in [0.1, 0.15) is 31.2 Å². The summed E-state index contributed by atoms with van der Waals surface area (Å²) >= 11 is 0. The summed E-state index contributed by atoms with van der Waals surface area (Å²) in [6.07, 6.45) is 5.90. The highest BCUT2D eigenvalue weighted by atomic mass is 16.5. The summed E-state index contributed by atoms with van der Waals surface area (Å²) in [5, 5.41) is 6.72. The molecule has 0 atom stereocenters. The van der Waals surface area contributed by atoms with Crippen molar-refractivity contribution in [3.05, 3.63) is 29.8 Å². The van der Waals surface area contributed by atoms with E-state index in [4.69, 9.17) is 4.74 Å². The lowest BCUT2D eigenvalue weighted by Crippen LogP contribution is -2.38. The predicted molar refractivity (Wildman–Crippen MR) is 107 cm³/mol. The number of guanidine groups is 1. The summed E-state index contributed by atoms with van der Waals surface area (Å²) in [4.78, 5) is 6.39. The molecule has 5 heteroatoms. The highest BCUT2D eigenvalue weighted by Gasteiger charge is 2.20. The lowest BCUT2D eigenvalue weighted by atomic mass is 10.1. The Morgan fingerprint density at radius 2 is 1.80 bits per heavy atom. The zero-order chi connectivity index (χ0) is 17.9. The van der Waals surface area contributed by atoms with Gasteiger partial charge in [-0.3, -0.25) is 4.99 Å². The first kappa shape index (κ1) is 19.6. The van der Waals surface area contributed by atoms with E-state index in [0.29, 0.717) is 0 Å². The van der Waals surface area contributed by atoms with Crippen LogP contribution in [-0.2, 0) is 11.2 Å². The molecule has 0 aliphatic heterocycles. The highest BCUT2D eigenvalue weighted by molar-refractivity contribution is 5.79. The molecule has 0 spiro atoms. The van der Waals surface area contributed by atoms with Crippen molar-refractivity contribution in [3.8, 4) is 0 Å². The second-order valence-electron chi connectivity index (χ2n) is 6.96. The molecule has 5 nitrogen and oxygen atoms in total. The van der Waals surface area contributed by atoms with Crippen LogP contribution in [0.4, 0.5) is 5.69 Å². The smallest absolute Gasteiger partial charge is 0.190 e. The van der Waals surface area contributed by atoms with E-state index in [2.05, 4.69) is 58.9 Å². The van der Waals surface area contributed by atoms with Gasteiger partial charge in [0.2, 0.25) is 0 Å². The van der Waals surface area contributed by atoms with Crippen LogP contribution in [0.3, 0.4) is 0 Å². The van der Waals surface area contributed by atoms with Gasteiger partial charge in [0, 0.05) is 53.1 Å². The number of aliphatic imine (C=N–C) groups is 1. The quantitative estimate of drug-likeness (QED) is 0.367. The van der Waals surface area contributed by atoms with Crippen molar-refractivity contribution in [3.63, 3.8) is 0 Å². The summed E-state index contributed by atoms with van der Waals surface area (Å²) in [7, 11) is 5.95. The molecular formula is C20H34N4O. The first-order valence-corrected chi connectivity index (χ1v) is 9.47. The molecule has 0 radical (unpaired) electrons. The molecule has 140 valence electrons. The van der Waals surface area contributed by atoms with E-state index in [1.807, 2.05) is 7.05 Å². The number of aryl methyl sites for hydroxylation is 1. The van der Waals surface area contributed by atoms with Gasteiger partial charge in [-0.15, -0.1) is 0 Å². The van der Waals surface area contributed by atoms with Gasteiger partial charge in [-0.1, -0.05) is 12.1 Å². The fourth-order valence-corrected chi connectivity index (χ4v) is 2.60. The van der Waals surface area contributed by atoms with Gasteiger partial charge in [-0.05, 0) is 55.7 Å². The fraction of sp³-hybridized carbons (Fsp3) is 0.650. The van der Waals surface area contributed by atoms with Crippen LogP contribution in [0, 0.1) is 5.92 Å². The average Bonchev–Trinajstić information content (AvgIpc) is 3.44. The van der Waals surface area contributed by atoms with E-state index in [-0.39, 0.29) is 0 Å². The van der Waals surface area contributed by atoms with E-state index in [0.717, 1.165) is 57.4 Å². The fourth-order valence-electron chi connectivity index (χ4n) is 2.60. The largest absolute Gasteiger partial charge is 0.381 e. The first-order chi connectivity index (χ1) is 12.2. The van der Waals surface area contributed by atoms with E-state index < -0.39 is 0 Å². The van der Waals surface area contributed by atoms with Gasteiger partial charge in [0.25, 0.3) is 0 Å². The van der Waals surface area contributed by atoms with Crippen molar-refractivity contribution in [2.24, 2.45) is 10.9 Å². The maximum atomic E-state index is 5.64. The number of rotatable bonds is 11. The van der Waals surface area contributed by atoms with Crippen LogP contribution in [-0.4, -0.2) is 53.4 Å². The highest BCUT2D eigenvalue weighted by Crippen LogP contribution is 2.28. The van der Waals surface area contributed by atoms with Gasteiger partial charge in [0.15, 0.2) is 5.96 Å². The lowest BCUT2D eigenvalue weighted by Gasteiger charge is -2.13. The molecule has 25 heavy (non-hydrogen) atoms. The van der Waals surface area contributed by atoms with Crippen LogP contribution in [0.5, 0.6) is 0 Å². The molecule has 1 aromatic rings. The van der Waals surface area contributed by atoms with Gasteiger partial charge in [0.05, 0.1) is 0 Å².